The van der Waals surface area contributed by atoms with Gasteiger partial charge in [-0.1, -0.05) is 44.9 Å². The monoisotopic (exact) mass is 592 g/mol. The van der Waals surface area contributed by atoms with Gasteiger partial charge in [0, 0.05) is 54.6 Å². The Bertz CT molecular complexity index is 1240. The Morgan fingerprint density at radius 3 is 2.60 bits per heavy atom. The lowest BCUT2D eigenvalue weighted by Gasteiger charge is -2.61. The van der Waals surface area contributed by atoms with E-state index in [4.69, 9.17) is 9.47 Å². The highest BCUT2D eigenvalue weighted by Gasteiger charge is 2.67. The average Bonchev–Trinajstić information content (AvgIpc) is 3.73. The van der Waals surface area contributed by atoms with Crippen molar-refractivity contribution in [3.8, 4) is 17.2 Å². The van der Waals surface area contributed by atoms with E-state index in [1.54, 1.807) is 6.07 Å². The van der Waals surface area contributed by atoms with Crippen LogP contribution in [0.2, 0.25) is 0 Å². The number of nitrogens with zero attached hydrogens (tertiary/aromatic N) is 2. The number of phenolic OH excluding ortho intramolecular Hbond substituents is 1. The maximum atomic E-state index is 14.0. The zero-order valence-corrected chi connectivity index (χ0v) is 26.6. The molecular formula is C36H52N2O5. The molecule has 0 radical (unpaired) electrons. The van der Waals surface area contributed by atoms with E-state index < -0.39 is 5.97 Å². The van der Waals surface area contributed by atoms with Crippen LogP contribution in [0.25, 0.3) is 0 Å². The summed E-state index contributed by atoms with van der Waals surface area (Å²) in [5, 5.41) is 11.4. The molecule has 2 bridgehead atoms. The van der Waals surface area contributed by atoms with Crippen LogP contribution in [-0.4, -0.2) is 64.1 Å². The third-order valence-corrected chi connectivity index (χ3v) is 12.1. The molecule has 5 atom stereocenters. The maximum absolute atomic E-state index is 14.0. The molecule has 6 aliphatic rings. The smallest absolute Gasteiger partial charge is 0.308 e. The van der Waals surface area contributed by atoms with Crippen LogP contribution in [0.15, 0.2) is 6.07 Å². The van der Waals surface area contributed by atoms with Crippen molar-refractivity contribution in [2.24, 2.45) is 17.8 Å². The number of rotatable bonds is 10. The SMILES string of the molecule is CC(=O)Oc1cc(O)c2c3c1O[C@H]1[C@H](N(C(=O)CCCCC4CCCCC4)C(C)C)CC[C@H]4[C@@H](C2)N(CC2CC2)CC[C@@]341. The molecule has 7 nitrogen and oxygen atoms in total. The van der Waals surface area contributed by atoms with Crippen LogP contribution in [-0.2, 0) is 21.4 Å². The standard InChI is InChI=1S/C36H52N2O5/c1-22(2)38(32(41)12-8-7-11-24-9-5-4-6-10-24)28-16-15-27-29-19-26-30(40)20-31(42-23(3)39)34-33(26)36(27,35(28)43-34)17-18-37(29)21-25-13-14-25/h20,22,24-25,27-29,35,40H,4-19,21H2,1-3H3/t27-,28+,29+,35-,36-/m0/s1. The molecule has 4 fully saturated rings. The number of phenols is 1. The summed E-state index contributed by atoms with van der Waals surface area (Å²) in [5.41, 5.74) is 1.77. The molecule has 0 aromatic heterocycles. The number of carbonyl (C=O) groups is 2. The first-order valence-electron chi connectivity index (χ1n) is 17.6. The number of hydrogen-bond acceptors (Lipinski definition) is 6. The van der Waals surface area contributed by atoms with Gasteiger partial charge in [0.15, 0.2) is 11.5 Å². The highest BCUT2D eigenvalue weighted by molar-refractivity contribution is 5.77. The first kappa shape index (κ1) is 29.4. The minimum Gasteiger partial charge on any atom is -0.508 e. The largest absolute Gasteiger partial charge is 0.508 e. The topological polar surface area (TPSA) is 79.3 Å². The number of ether oxygens (including phenoxy) is 2. The Balaban J connectivity index is 1.18. The Labute approximate surface area is 257 Å². The second-order valence-corrected chi connectivity index (χ2v) is 15.1. The number of aromatic hydroxyl groups is 1. The van der Waals surface area contributed by atoms with Crippen LogP contribution >= 0.6 is 0 Å². The first-order valence-corrected chi connectivity index (χ1v) is 17.6. The average molecular weight is 593 g/mol. The number of hydrogen-bond donors (Lipinski definition) is 1. The first-order chi connectivity index (χ1) is 20.8. The molecule has 43 heavy (non-hydrogen) atoms. The molecule has 2 aliphatic heterocycles. The van der Waals surface area contributed by atoms with Gasteiger partial charge in [-0.3, -0.25) is 14.5 Å². The van der Waals surface area contributed by atoms with Crippen molar-refractivity contribution in [1.29, 1.82) is 0 Å². The van der Waals surface area contributed by atoms with Gasteiger partial charge in [-0.2, -0.15) is 0 Å². The van der Waals surface area contributed by atoms with Crippen LogP contribution in [0.3, 0.4) is 0 Å². The quantitative estimate of drug-likeness (QED) is 0.190. The molecule has 1 aromatic rings. The van der Waals surface area contributed by atoms with E-state index in [9.17, 15) is 14.7 Å². The summed E-state index contributed by atoms with van der Waals surface area (Å²) in [6.07, 6.45) is 17.0. The van der Waals surface area contributed by atoms with E-state index in [2.05, 4.69) is 23.6 Å². The van der Waals surface area contributed by atoms with E-state index in [0.717, 1.165) is 74.6 Å². The lowest BCUT2D eigenvalue weighted by molar-refractivity contribution is -0.146. The molecule has 3 saturated carbocycles. The van der Waals surface area contributed by atoms with E-state index in [1.165, 1.54) is 58.3 Å². The molecule has 1 aromatic carbocycles. The van der Waals surface area contributed by atoms with Crippen molar-refractivity contribution in [1.82, 2.24) is 9.80 Å². The number of unbranched alkanes of at least 4 members (excludes halogenated alkanes) is 1. The number of piperidine rings is 1. The van der Waals surface area contributed by atoms with Gasteiger partial charge in [0.2, 0.25) is 5.91 Å². The van der Waals surface area contributed by atoms with Crippen LogP contribution < -0.4 is 9.47 Å². The fourth-order valence-corrected chi connectivity index (χ4v) is 10.2. The predicted octanol–water partition coefficient (Wildman–Crippen LogP) is 6.51. The summed E-state index contributed by atoms with van der Waals surface area (Å²) in [6.45, 7) is 7.86. The van der Waals surface area contributed by atoms with Gasteiger partial charge in [-0.05, 0) is 83.1 Å². The van der Waals surface area contributed by atoms with Gasteiger partial charge < -0.3 is 19.5 Å². The van der Waals surface area contributed by atoms with Crippen LogP contribution in [0.5, 0.6) is 17.2 Å². The summed E-state index contributed by atoms with van der Waals surface area (Å²) in [4.78, 5) is 31.0. The third kappa shape index (κ3) is 5.15. The molecular weight excluding hydrogens is 540 g/mol. The van der Waals surface area contributed by atoms with Gasteiger partial charge in [0.1, 0.15) is 11.9 Å². The Hall–Kier alpha value is -2.28. The maximum Gasteiger partial charge on any atom is 0.308 e. The lowest BCUT2D eigenvalue weighted by Crippen LogP contribution is -2.69. The zero-order valence-electron chi connectivity index (χ0n) is 26.6. The molecule has 7 heteroatoms. The van der Waals surface area contributed by atoms with E-state index in [0.29, 0.717) is 29.9 Å². The summed E-state index contributed by atoms with van der Waals surface area (Å²) in [7, 11) is 0. The highest BCUT2D eigenvalue weighted by Crippen LogP contribution is 2.66. The summed E-state index contributed by atoms with van der Waals surface area (Å²) in [5.74, 6) is 3.09. The van der Waals surface area contributed by atoms with Crippen molar-refractivity contribution in [2.45, 2.75) is 147 Å². The molecule has 236 valence electrons. The highest BCUT2D eigenvalue weighted by atomic mass is 16.6. The van der Waals surface area contributed by atoms with Crippen LogP contribution in [0.4, 0.5) is 0 Å². The Kier molecular flexibility index (Phi) is 7.92. The number of esters is 1. The molecule has 2 heterocycles. The summed E-state index contributed by atoms with van der Waals surface area (Å²) < 4.78 is 12.7. The normalized spacial score (nSPS) is 31.4. The van der Waals surface area contributed by atoms with Crippen molar-refractivity contribution < 1.29 is 24.2 Å². The van der Waals surface area contributed by atoms with Crippen LogP contribution in [0, 0.1) is 17.8 Å². The van der Waals surface area contributed by atoms with Crippen LogP contribution in [0.1, 0.15) is 122 Å². The Morgan fingerprint density at radius 1 is 1.09 bits per heavy atom. The fraction of sp³-hybridized carbons (Fsp3) is 0.778. The molecule has 1 spiro atoms. The van der Waals surface area contributed by atoms with Gasteiger partial charge >= 0.3 is 5.97 Å². The molecule has 1 saturated heterocycles. The van der Waals surface area contributed by atoms with Crippen molar-refractivity contribution in [3.05, 3.63) is 17.2 Å². The number of likely N-dealkylation sites (tertiary alicyclic amines) is 1. The fourth-order valence-electron chi connectivity index (χ4n) is 10.2. The minimum atomic E-state index is -0.417. The van der Waals surface area contributed by atoms with E-state index in [1.807, 2.05) is 0 Å². The van der Waals surface area contributed by atoms with Crippen molar-refractivity contribution >= 4 is 11.9 Å². The lowest BCUT2D eigenvalue weighted by atomic mass is 9.50. The van der Waals surface area contributed by atoms with Crippen molar-refractivity contribution in [3.63, 3.8) is 0 Å². The van der Waals surface area contributed by atoms with Gasteiger partial charge in [0.25, 0.3) is 0 Å². The molecule has 7 rings (SSSR count). The van der Waals surface area contributed by atoms with Gasteiger partial charge in [-0.25, -0.2) is 0 Å². The second-order valence-electron chi connectivity index (χ2n) is 15.1. The minimum absolute atomic E-state index is 0.0385. The third-order valence-electron chi connectivity index (χ3n) is 12.1. The van der Waals surface area contributed by atoms with Gasteiger partial charge in [0.05, 0.1) is 6.04 Å². The molecule has 0 unspecified atom stereocenters. The second kappa shape index (κ2) is 11.6. The number of amides is 1. The summed E-state index contributed by atoms with van der Waals surface area (Å²) >= 11 is 0. The van der Waals surface area contributed by atoms with Gasteiger partial charge in [-0.15, -0.1) is 0 Å². The molecule has 4 aliphatic carbocycles. The molecule has 1 N–H and O–H groups in total. The van der Waals surface area contributed by atoms with E-state index >= 15 is 0 Å². The van der Waals surface area contributed by atoms with Crippen molar-refractivity contribution in [2.75, 3.05) is 13.1 Å². The molecule has 1 amide bonds. The van der Waals surface area contributed by atoms with E-state index in [-0.39, 0.29) is 35.3 Å². The predicted molar refractivity (Wildman–Crippen MR) is 165 cm³/mol. The Morgan fingerprint density at radius 2 is 1.88 bits per heavy atom. The number of carbonyl (C=O) groups excluding carboxylic acids is 2. The summed E-state index contributed by atoms with van der Waals surface area (Å²) in [6, 6.07) is 2.00. The zero-order chi connectivity index (χ0) is 29.9. The number of benzene rings is 1.